The summed E-state index contributed by atoms with van der Waals surface area (Å²) in [5.74, 6) is -1.65. The van der Waals surface area contributed by atoms with E-state index in [9.17, 15) is 14.4 Å². The average molecular weight is 404 g/mol. The molecule has 0 aromatic heterocycles. The molecule has 1 saturated heterocycles. The van der Waals surface area contributed by atoms with E-state index in [0.717, 1.165) is 0 Å². The number of aliphatic carboxylic acids is 1. The summed E-state index contributed by atoms with van der Waals surface area (Å²) < 4.78 is 11.0. The number of nitrogens with one attached hydrogen (secondary N) is 1. The van der Waals surface area contributed by atoms with Gasteiger partial charge in [0.1, 0.15) is 5.57 Å². The number of allylic oxidation sites excluding steroid dienone is 1. The number of nitrogens with zero attached hydrogens (tertiary/aromatic N) is 1. The highest BCUT2D eigenvalue weighted by Gasteiger charge is 2.31. The monoisotopic (exact) mass is 404 g/mol. The van der Waals surface area contributed by atoms with Crippen LogP contribution in [0.25, 0.3) is 6.08 Å². The van der Waals surface area contributed by atoms with Crippen molar-refractivity contribution in [1.82, 2.24) is 10.2 Å². The quantitative estimate of drug-likeness (QED) is 0.293. The highest BCUT2D eigenvalue weighted by Crippen LogP contribution is 2.35. The van der Waals surface area contributed by atoms with Gasteiger partial charge in [0.05, 0.1) is 6.61 Å². The van der Waals surface area contributed by atoms with Crippen LogP contribution in [0, 0.1) is 0 Å². The van der Waals surface area contributed by atoms with Crippen LogP contribution in [-0.2, 0) is 20.8 Å². The summed E-state index contributed by atoms with van der Waals surface area (Å²) in [4.78, 5) is 36.6. The number of likely N-dealkylation sites (N-methyl/N-ethyl adjacent to an activating group) is 1. The number of rotatable bonds is 8. The molecule has 0 radical (unpaired) electrons. The summed E-state index contributed by atoms with van der Waals surface area (Å²) in [6.45, 7) is 5.24. The fourth-order valence-electron chi connectivity index (χ4n) is 2.55. The Morgan fingerprint density at radius 2 is 2.07 bits per heavy atom. The minimum absolute atomic E-state index is 0.0342. The van der Waals surface area contributed by atoms with Crippen molar-refractivity contribution in [3.05, 3.63) is 41.5 Å². The first-order valence-electron chi connectivity index (χ1n) is 8.38. The SMILES string of the molecule is C=CCc1cc(C=C2C(=O)NC(=S)N(C)C2=O)cc(OCC)c1OCC(=O)O. The van der Waals surface area contributed by atoms with Gasteiger partial charge in [-0.05, 0) is 49.3 Å². The van der Waals surface area contributed by atoms with Crippen LogP contribution in [0.3, 0.4) is 0 Å². The predicted molar refractivity (Wildman–Crippen MR) is 106 cm³/mol. The van der Waals surface area contributed by atoms with E-state index in [4.69, 9.17) is 26.8 Å². The molecule has 2 rings (SSSR count). The van der Waals surface area contributed by atoms with Crippen molar-refractivity contribution in [1.29, 1.82) is 0 Å². The molecule has 0 atom stereocenters. The summed E-state index contributed by atoms with van der Waals surface area (Å²) in [7, 11) is 1.47. The molecule has 0 aliphatic carbocycles. The van der Waals surface area contributed by atoms with Crippen molar-refractivity contribution in [2.24, 2.45) is 0 Å². The number of carbonyl (C=O) groups excluding carboxylic acids is 2. The number of benzene rings is 1. The maximum absolute atomic E-state index is 12.4. The molecule has 1 aromatic carbocycles. The predicted octanol–water partition coefficient (Wildman–Crippen LogP) is 1.53. The summed E-state index contributed by atoms with van der Waals surface area (Å²) in [6.07, 6.45) is 3.42. The number of carboxylic acids is 1. The van der Waals surface area contributed by atoms with E-state index < -0.39 is 24.4 Å². The molecule has 1 aromatic rings. The fourth-order valence-corrected chi connectivity index (χ4v) is 2.72. The lowest BCUT2D eigenvalue weighted by Gasteiger charge is -2.25. The van der Waals surface area contributed by atoms with Gasteiger partial charge in [-0.25, -0.2) is 4.79 Å². The first-order valence-corrected chi connectivity index (χ1v) is 8.79. The van der Waals surface area contributed by atoms with E-state index in [2.05, 4.69) is 11.9 Å². The molecule has 2 N–H and O–H groups in total. The maximum Gasteiger partial charge on any atom is 0.341 e. The third-order valence-electron chi connectivity index (χ3n) is 3.77. The van der Waals surface area contributed by atoms with E-state index in [1.54, 1.807) is 25.1 Å². The summed E-state index contributed by atoms with van der Waals surface area (Å²) in [6, 6.07) is 3.26. The Balaban J connectivity index is 2.53. The Labute approximate surface area is 167 Å². The van der Waals surface area contributed by atoms with E-state index in [-0.39, 0.29) is 16.4 Å². The van der Waals surface area contributed by atoms with Gasteiger partial charge in [0.25, 0.3) is 11.8 Å². The van der Waals surface area contributed by atoms with Gasteiger partial charge in [0, 0.05) is 12.6 Å². The van der Waals surface area contributed by atoms with Crippen LogP contribution in [0.1, 0.15) is 18.1 Å². The van der Waals surface area contributed by atoms with E-state index >= 15 is 0 Å². The molecule has 0 bridgehead atoms. The molecule has 0 unspecified atom stereocenters. The second-order valence-electron chi connectivity index (χ2n) is 5.80. The number of amides is 2. The Kier molecular flexibility index (Phi) is 6.89. The highest BCUT2D eigenvalue weighted by molar-refractivity contribution is 7.80. The van der Waals surface area contributed by atoms with Crippen LogP contribution in [0.15, 0.2) is 30.4 Å². The number of thiocarbonyl (C=S) groups is 1. The lowest BCUT2D eigenvalue weighted by Crippen LogP contribution is -2.52. The molecule has 8 nitrogen and oxygen atoms in total. The van der Waals surface area contributed by atoms with Gasteiger partial charge in [0.2, 0.25) is 0 Å². The molecule has 1 fully saturated rings. The number of carboxylic acid groups (broad SMARTS) is 1. The lowest BCUT2D eigenvalue weighted by molar-refractivity contribution is -0.139. The molecule has 148 valence electrons. The molecular formula is C19H20N2O6S. The number of ether oxygens (including phenoxy) is 2. The van der Waals surface area contributed by atoms with Crippen molar-refractivity contribution >= 4 is 41.2 Å². The largest absolute Gasteiger partial charge is 0.490 e. The molecule has 0 saturated carbocycles. The molecule has 1 heterocycles. The first kappa shape index (κ1) is 21.1. The van der Waals surface area contributed by atoms with Crippen molar-refractivity contribution in [2.45, 2.75) is 13.3 Å². The number of carbonyl (C=O) groups is 3. The molecular weight excluding hydrogens is 384 g/mol. The average Bonchev–Trinajstić information content (AvgIpc) is 2.63. The van der Waals surface area contributed by atoms with Crippen molar-refractivity contribution in [2.75, 3.05) is 20.3 Å². The standard InChI is InChI=1S/C19H20N2O6S/c1-4-6-12-7-11(8-13-17(24)20-19(28)21(3)18(13)25)9-14(26-5-2)16(12)27-10-15(22)23/h4,7-9H,1,5-6,10H2,2-3H3,(H,22,23)(H,20,24,28). The van der Waals surface area contributed by atoms with E-state index in [1.165, 1.54) is 18.0 Å². The zero-order valence-electron chi connectivity index (χ0n) is 15.5. The van der Waals surface area contributed by atoms with Crippen molar-refractivity contribution in [3.8, 4) is 11.5 Å². The fraction of sp³-hybridized carbons (Fsp3) is 0.263. The summed E-state index contributed by atoms with van der Waals surface area (Å²) in [5, 5.41) is 11.4. The second kappa shape index (κ2) is 9.14. The van der Waals surface area contributed by atoms with Crippen LogP contribution < -0.4 is 14.8 Å². The normalized spacial score (nSPS) is 15.4. The Morgan fingerprint density at radius 1 is 1.36 bits per heavy atom. The zero-order valence-corrected chi connectivity index (χ0v) is 16.3. The molecule has 0 spiro atoms. The highest BCUT2D eigenvalue weighted by atomic mass is 32.1. The Bertz CT molecular complexity index is 877. The van der Waals surface area contributed by atoms with Crippen molar-refractivity contribution < 1.29 is 29.0 Å². The Morgan fingerprint density at radius 3 is 2.68 bits per heavy atom. The molecule has 2 amide bonds. The minimum atomic E-state index is -1.12. The Hall–Kier alpha value is -3.20. The first-order chi connectivity index (χ1) is 13.3. The van der Waals surface area contributed by atoms with Crippen LogP contribution in [0.5, 0.6) is 11.5 Å². The van der Waals surface area contributed by atoms with E-state index in [0.29, 0.717) is 29.9 Å². The molecule has 1 aliphatic rings. The van der Waals surface area contributed by atoms with Crippen LogP contribution in [0.2, 0.25) is 0 Å². The second-order valence-corrected chi connectivity index (χ2v) is 6.18. The molecule has 28 heavy (non-hydrogen) atoms. The van der Waals surface area contributed by atoms with Gasteiger partial charge >= 0.3 is 5.97 Å². The maximum atomic E-state index is 12.4. The van der Waals surface area contributed by atoms with Crippen LogP contribution in [0.4, 0.5) is 0 Å². The number of hydrogen-bond acceptors (Lipinski definition) is 6. The van der Waals surface area contributed by atoms with Gasteiger partial charge in [-0.15, -0.1) is 6.58 Å². The molecule has 9 heteroatoms. The van der Waals surface area contributed by atoms with Gasteiger partial charge in [-0.1, -0.05) is 6.08 Å². The van der Waals surface area contributed by atoms with Gasteiger partial charge in [-0.2, -0.15) is 0 Å². The lowest BCUT2D eigenvalue weighted by atomic mass is 10.0. The van der Waals surface area contributed by atoms with Gasteiger partial charge < -0.3 is 14.6 Å². The van der Waals surface area contributed by atoms with Gasteiger partial charge in [0.15, 0.2) is 23.2 Å². The zero-order chi connectivity index (χ0) is 20.8. The van der Waals surface area contributed by atoms with E-state index in [1.807, 2.05) is 0 Å². The number of hydrogen-bond donors (Lipinski definition) is 2. The minimum Gasteiger partial charge on any atom is -0.490 e. The topological polar surface area (TPSA) is 105 Å². The van der Waals surface area contributed by atoms with Crippen molar-refractivity contribution in [3.63, 3.8) is 0 Å². The van der Waals surface area contributed by atoms with Crippen LogP contribution in [-0.4, -0.2) is 53.2 Å². The molecule has 1 aliphatic heterocycles. The summed E-state index contributed by atoms with van der Waals surface area (Å²) in [5.41, 5.74) is 1.05. The smallest absolute Gasteiger partial charge is 0.341 e. The van der Waals surface area contributed by atoms with Crippen LogP contribution >= 0.6 is 12.2 Å². The third-order valence-corrected chi connectivity index (χ3v) is 4.15. The summed E-state index contributed by atoms with van der Waals surface area (Å²) >= 11 is 4.93. The third kappa shape index (κ3) is 4.74. The van der Waals surface area contributed by atoms with Gasteiger partial charge in [-0.3, -0.25) is 19.8 Å².